The molecule has 0 rings (SSSR count). The van der Waals surface area contributed by atoms with E-state index in [1.54, 1.807) is 0 Å². The Hall–Kier alpha value is -2.32. The Kier molecular flexibility index (Phi) is 36.0. The Labute approximate surface area is 331 Å². The molecule has 0 aromatic rings. The molecular formula is C45H78NO7P. The first-order valence-corrected chi connectivity index (χ1v) is 22.3. The summed E-state index contributed by atoms with van der Waals surface area (Å²) in [5, 5.41) is 0. The molecule has 8 nitrogen and oxygen atoms in total. The van der Waals surface area contributed by atoms with Crippen molar-refractivity contribution in [1.29, 1.82) is 0 Å². The van der Waals surface area contributed by atoms with Crippen molar-refractivity contribution in [2.24, 2.45) is 0 Å². The van der Waals surface area contributed by atoms with Crippen LogP contribution in [0.15, 0.2) is 85.1 Å². The smallest absolute Gasteiger partial charge is 0.306 e. The van der Waals surface area contributed by atoms with Crippen molar-refractivity contribution in [3.05, 3.63) is 85.1 Å². The van der Waals surface area contributed by atoms with Crippen LogP contribution in [0.4, 0.5) is 0 Å². The number of allylic oxidation sites excluding steroid dienone is 14. The molecule has 9 heteroatoms. The van der Waals surface area contributed by atoms with E-state index in [2.05, 4.69) is 98.9 Å². The maximum absolute atomic E-state index is 12.6. The van der Waals surface area contributed by atoms with Gasteiger partial charge in [0, 0.05) is 13.0 Å². The number of esters is 1. The van der Waals surface area contributed by atoms with Crippen LogP contribution in [0.3, 0.4) is 0 Å². The molecule has 0 aliphatic heterocycles. The Balaban J connectivity index is 4.41. The number of quaternary nitrogens is 1. The summed E-state index contributed by atoms with van der Waals surface area (Å²) in [5.41, 5.74) is 0. The first-order chi connectivity index (χ1) is 26.1. The summed E-state index contributed by atoms with van der Waals surface area (Å²) >= 11 is 0. The van der Waals surface area contributed by atoms with Gasteiger partial charge in [0.05, 0.1) is 34.4 Å². The van der Waals surface area contributed by atoms with E-state index in [-0.39, 0.29) is 26.2 Å². The minimum absolute atomic E-state index is 0.00846. The number of ether oxygens (including phenoxy) is 2. The summed E-state index contributed by atoms with van der Waals surface area (Å²) in [6.07, 6.45) is 48.9. The molecule has 310 valence electrons. The highest BCUT2D eigenvalue weighted by Crippen LogP contribution is 2.38. The third-order valence-electron chi connectivity index (χ3n) is 8.18. The van der Waals surface area contributed by atoms with Crippen molar-refractivity contribution in [3.63, 3.8) is 0 Å². The quantitative estimate of drug-likeness (QED) is 0.0204. The Bertz CT molecular complexity index is 1130. The zero-order valence-corrected chi connectivity index (χ0v) is 35.8. The minimum atomic E-state index is -4.55. The molecule has 0 saturated heterocycles. The van der Waals surface area contributed by atoms with Gasteiger partial charge < -0.3 is 27.9 Å². The first kappa shape index (κ1) is 51.7. The molecule has 0 fully saturated rings. The van der Waals surface area contributed by atoms with Gasteiger partial charge in [-0.05, 0) is 77.0 Å². The number of hydrogen-bond acceptors (Lipinski definition) is 7. The van der Waals surface area contributed by atoms with Crippen molar-refractivity contribution in [1.82, 2.24) is 0 Å². The SMILES string of the molecule is CC/C=C\C/C=C\C/C=C\C/C=C\C/C=C\CCCC(=O)OC(COCCCCCCCC/C=C\C/C=C\CCCC)COP(=O)([O-])OCC[N+](C)(C)C. The topological polar surface area (TPSA) is 94.1 Å². The average molecular weight is 776 g/mol. The molecule has 54 heavy (non-hydrogen) atoms. The van der Waals surface area contributed by atoms with E-state index >= 15 is 0 Å². The lowest BCUT2D eigenvalue weighted by Crippen LogP contribution is -2.37. The van der Waals surface area contributed by atoms with Crippen molar-refractivity contribution in [2.75, 3.05) is 54.1 Å². The van der Waals surface area contributed by atoms with Crippen molar-refractivity contribution < 1.29 is 37.3 Å². The van der Waals surface area contributed by atoms with Crippen LogP contribution in [0.5, 0.6) is 0 Å². The van der Waals surface area contributed by atoms with E-state index in [1.807, 2.05) is 21.1 Å². The Morgan fingerprint density at radius 2 is 1.07 bits per heavy atom. The molecule has 2 unspecified atom stereocenters. The fourth-order valence-electron chi connectivity index (χ4n) is 4.95. The fourth-order valence-corrected chi connectivity index (χ4v) is 5.68. The highest BCUT2D eigenvalue weighted by atomic mass is 31.2. The zero-order chi connectivity index (χ0) is 39.9. The predicted molar refractivity (Wildman–Crippen MR) is 226 cm³/mol. The predicted octanol–water partition coefficient (Wildman–Crippen LogP) is 11.5. The third kappa shape index (κ3) is 40.9. The fraction of sp³-hybridized carbons (Fsp3) is 0.667. The second-order valence-corrected chi connectivity index (χ2v) is 16.0. The van der Waals surface area contributed by atoms with E-state index in [0.717, 1.165) is 70.6 Å². The highest BCUT2D eigenvalue weighted by Gasteiger charge is 2.20. The summed E-state index contributed by atoms with van der Waals surface area (Å²) in [7, 11) is 1.30. The van der Waals surface area contributed by atoms with Crippen LogP contribution in [0, 0.1) is 0 Å². The number of phosphoric ester groups is 1. The summed E-state index contributed by atoms with van der Waals surface area (Å²) in [6, 6.07) is 0. The third-order valence-corrected chi connectivity index (χ3v) is 9.14. The molecule has 0 saturated carbocycles. The second-order valence-electron chi connectivity index (χ2n) is 14.6. The van der Waals surface area contributed by atoms with Gasteiger partial charge in [0.25, 0.3) is 7.82 Å². The maximum Gasteiger partial charge on any atom is 0.306 e. The van der Waals surface area contributed by atoms with Gasteiger partial charge in [-0.15, -0.1) is 0 Å². The minimum Gasteiger partial charge on any atom is -0.756 e. The number of unbranched alkanes of at least 4 members (excludes halogenated alkanes) is 9. The molecule has 0 heterocycles. The van der Waals surface area contributed by atoms with E-state index in [9.17, 15) is 14.3 Å². The van der Waals surface area contributed by atoms with Crippen LogP contribution in [-0.2, 0) is 27.9 Å². The number of carbonyl (C=O) groups is 1. The molecule has 0 bridgehead atoms. The largest absolute Gasteiger partial charge is 0.756 e. The lowest BCUT2D eigenvalue weighted by Gasteiger charge is -2.28. The summed E-state index contributed by atoms with van der Waals surface area (Å²) in [6.45, 7) is 5.12. The number of phosphoric acid groups is 1. The standard InChI is InChI=1S/C45H78NO7P/c1-6-8-10-12-14-16-18-20-22-23-24-26-28-30-32-34-36-38-45(47)53-44(43-52-54(48,49)51-41-39-46(3,4)5)42-50-40-37-35-33-31-29-27-25-21-19-17-15-13-11-9-7-2/h8,10,13-16,19-22,24,26,30,32,44H,6-7,9,11-12,17-18,23,25,27-29,31,33-43H2,1-5H3/b10-8-,15-13-,16-14-,21-19-,22-20-,26-24-,32-30-. The van der Waals surface area contributed by atoms with Crippen molar-refractivity contribution >= 4 is 13.8 Å². The van der Waals surface area contributed by atoms with Crippen LogP contribution >= 0.6 is 7.82 Å². The molecule has 2 atom stereocenters. The number of nitrogens with zero attached hydrogens (tertiary/aromatic N) is 1. The zero-order valence-electron chi connectivity index (χ0n) is 34.9. The number of likely N-dealkylation sites (N-methyl/N-ethyl adjacent to an activating group) is 1. The molecule has 0 radical (unpaired) electrons. The Morgan fingerprint density at radius 3 is 1.61 bits per heavy atom. The molecule has 0 aromatic heterocycles. The molecule has 0 aliphatic carbocycles. The van der Waals surface area contributed by atoms with Gasteiger partial charge in [-0.25, -0.2) is 0 Å². The lowest BCUT2D eigenvalue weighted by molar-refractivity contribution is -0.870. The van der Waals surface area contributed by atoms with Gasteiger partial charge >= 0.3 is 5.97 Å². The van der Waals surface area contributed by atoms with E-state index in [4.69, 9.17) is 18.5 Å². The molecule has 0 amide bonds. The molecule has 0 aromatic carbocycles. The van der Waals surface area contributed by atoms with Gasteiger partial charge in [0.15, 0.2) is 0 Å². The van der Waals surface area contributed by atoms with Crippen LogP contribution in [0.2, 0.25) is 0 Å². The highest BCUT2D eigenvalue weighted by molar-refractivity contribution is 7.45. The normalized spacial score (nSPS) is 14.7. The van der Waals surface area contributed by atoms with E-state index in [0.29, 0.717) is 24.1 Å². The maximum atomic E-state index is 12.6. The Morgan fingerprint density at radius 1 is 0.593 bits per heavy atom. The van der Waals surface area contributed by atoms with Gasteiger partial charge in [0.2, 0.25) is 0 Å². The molecule has 0 spiro atoms. The summed E-state index contributed by atoms with van der Waals surface area (Å²) in [4.78, 5) is 25.0. The van der Waals surface area contributed by atoms with Gasteiger partial charge in [-0.2, -0.15) is 0 Å². The number of hydrogen-bond donors (Lipinski definition) is 0. The summed E-state index contributed by atoms with van der Waals surface area (Å²) in [5.74, 6) is -0.399. The lowest BCUT2D eigenvalue weighted by atomic mass is 10.1. The van der Waals surface area contributed by atoms with Gasteiger partial charge in [0.1, 0.15) is 19.3 Å². The molecule has 0 aliphatic rings. The van der Waals surface area contributed by atoms with Crippen LogP contribution in [0.1, 0.15) is 136 Å². The molecular weight excluding hydrogens is 697 g/mol. The van der Waals surface area contributed by atoms with Crippen LogP contribution in [0.25, 0.3) is 0 Å². The molecule has 0 N–H and O–H groups in total. The van der Waals surface area contributed by atoms with E-state index in [1.165, 1.54) is 38.5 Å². The number of carbonyl (C=O) groups excluding carboxylic acids is 1. The van der Waals surface area contributed by atoms with Crippen molar-refractivity contribution in [2.45, 2.75) is 142 Å². The van der Waals surface area contributed by atoms with Crippen LogP contribution in [-0.4, -0.2) is 70.7 Å². The number of rotatable bonds is 37. The van der Waals surface area contributed by atoms with Crippen LogP contribution < -0.4 is 4.89 Å². The van der Waals surface area contributed by atoms with E-state index < -0.39 is 19.9 Å². The average Bonchev–Trinajstić information content (AvgIpc) is 3.12. The summed E-state index contributed by atoms with van der Waals surface area (Å²) < 4.78 is 34.4. The van der Waals surface area contributed by atoms with Gasteiger partial charge in [-0.3, -0.25) is 9.36 Å². The monoisotopic (exact) mass is 776 g/mol. The van der Waals surface area contributed by atoms with Crippen molar-refractivity contribution in [3.8, 4) is 0 Å². The van der Waals surface area contributed by atoms with Gasteiger partial charge in [-0.1, -0.05) is 137 Å². The first-order valence-electron chi connectivity index (χ1n) is 20.8. The second kappa shape index (κ2) is 37.6.